The van der Waals surface area contributed by atoms with Crippen molar-refractivity contribution in [3.8, 4) is 5.75 Å². The number of nitrogens with one attached hydrogen (secondary N) is 2. The van der Waals surface area contributed by atoms with Gasteiger partial charge in [-0.15, -0.1) is 24.0 Å². The van der Waals surface area contributed by atoms with Crippen LogP contribution in [-0.2, 0) is 23.1 Å². The normalized spacial score (nSPS) is 14.8. The van der Waals surface area contributed by atoms with E-state index in [0.717, 1.165) is 29.7 Å². The van der Waals surface area contributed by atoms with Gasteiger partial charge >= 0.3 is 0 Å². The first-order valence-electron chi connectivity index (χ1n) is 9.69. The second kappa shape index (κ2) is 11.5. The maximum atomic E-state index is 12.6. The van der Waals surface area contributed by atoms with Crippen molar-refractivity contribution in [3.63, 3.8) is 0 Å². The topological polar surface area (TPSA) is 83.0 Å². The molecule has 2 aromatic carbocycles. The quantitative estimate of drug-likeness (QED) is 0.318. The van der Waals surface area contributed by atoms with Gasteiger partial charge in [0.05, 0.1) is 12.0 Å². The molecule has 164 valence electrons. The van der Waals surface area contributed by atoms with E-state index in [-0.39, 0.29) is 24.0 Å². The number of rotatable bonds is 7. The summed E-state index contributed by atoms with van der Waals surface area (Å²) in [5.74, 6) is 1.48. The maximum absolute atomic E-state index is 12.6. The third-order valence-electron chi connectivity index (χ3n) is 4.90. The van der Waals surface area contributed by atoms with Crippen LogP contribution in [0, 0.1) is 0 Å². The Balaban J connectivity index is 0.00000320. The van der Waals surface area contributed by atoms with Gasteiger partial charge in [-0.3, -0.25) is 4.99 Å². The predicted molar refractivity (Wildman–Crippen MR) is 130 cm³/mol. The van der Waals surface area contributed by atoms with Crippen molar-refractivity contribution in [1.82, 2.24) is 14.9 Å². The molecule has 0 atom stereocenters. The maximum Gasteiger partial charge on any atom is 0.243 e. The molecule has 0 aliphatic carbocycles. The molecular weight excluding hydrogens is 515 g/mol. The number of nitrogens with zero attached hydrogens (tertiary/aromatic N) is 2. The Bertz CT molecular complexity index is 943. The van der Waals surface area contributed by atoms with E-state index in [9.17, 15) is 8.42 Å². The molecule has 1 saturated heterocycles. The Kier molecular flexibility index (Phi) is 9.37. The lowest BCUT2D eigenvalue weighted by molar-refractivity contribution is 0.414. The number of hydrogen-bond acceptors (Lipinski definition) is 4. The summed E-state index contributed by atoms with van der Waals surface area (Å²) in [5.41, 5.74) is 2.07. The Labute approximate surface area is 196 Å². The first kappa shape index (κ1) is 24.4. The van der Waals surface area contributed by atoms with Crippen molar-refractivity contribution >= 4 is 40.0 Å². The molecule has 1 fully saturated rings. The SMILES string of the molecule is CN=C(NCc1ccc(S(=O)(=O)N2CCCC2)cc1)NCc1cccc(OC)c1.I. The summed E-state index contributed by atoms with van der Waals surface area (Å²) < 4.78 is 32.0. The third-order valence-corrected chi connectivity index (χ3v) is 6.82. The van der Waals surface area contributed by atoms with E-state index in [1.165, 1.54) is 0 Å². The van der Waals surface area contributed by atoms with Gasteiger partial charge in [0.2, 0.25) is 10.0 Å². The molecule has 9 heteroatoms. The smallest absolute Gasteiger partial charge is 0.243 e. The van der Waals surface area contributed by atoms with Gasteiger partial charge in [0.1, 0.15) is 5.75 Å². The monoisotopic (exact) mass is 544 g/mol. The van der Waals surface area contributed by atoms with Crippen molar-refractivity contribution < 1.29 is 13.2 Å². The van der Waals surface area contributed by atoms with E-state index in [1.54, 1.807) is 30.6 Å². The van der Waals surface area contributed by atoms with Crippen molar-refractivity contribution in [2.75, 3.05) is 27.2 Å². The largest absolute Gasteiger partial charge is 0.497 e. The van der Waals surface area contributed by atoms with Crippen LogP contribution in [0.2, 0.25) is 0 Å². The zero-order valence-electron chi connectivity index (χ0n) is 17.3. The minimum Gasteiger partial charge on any atom is -0.497 e. The molecule has 0 unspecified atom stereocenters. The van der Waals surface area contributed by atoms with Gasteiger partial charge in [-0.1, -0.05) is 24.3 Å². The zero-order valence-corrected chi connectivity index (χ0v) is 20.4. The molecule has 0 radical (unpaired) electrons. The Hall–Kier alpha value is -1.85. The summed E-state index contributed by atoms with van der Waals surface area (Å²) in [6.45, 7) is 2.38. The Morgan fingerprint density at radius 1 is 1.03 bits per heavy atom. The minimum atomic E-state index is -3.37. The number of methoxy groups -OCH3 is 1. The summed E-state index contributed by atoms with van der Waals surface area (Å²) in [5, 5.41) is 6.51. The molecule has 0 amide bonds. The van der Waals surface area contributed by atoms with Gasteiger partial charge in [0.15, 0.2) is 5.96 Å². The standard InChI is InChI=1S/C21H28N4O3S.HI/c1-22-21(24-16-18-6-5-7-19(14-18)28-2)23-15-17-8-10-20(11-9-17)29(26,27)25-12-3-4-13-25;/h5-11,14H,3-4,12-13,15-16H2,1-2H3,(H2,22,23,24);1H. The van der Waals surface area contributed by atoms with Crippen LogP contribution in [-0.4, -0.2) is 45.9 Å². The molecule has 1 heterocycles. The van der Waals surface area contributed by atoms with Crippen LogP contribution >= 0.6 is 24.0 Å². The molecule has 0 bridgehead atoms. The van der Waals surface area contributed by atoms with E-state index in [0.29, 0.717) is 37.0 Å². The van der Waals surface area contributed by atoms with Gasteiger partial charge in [0, 0.05) is 33.2 Å². The predicted octanol–water partition coefficient (Wildman–Crippen LogP) is 2.96. The summed E-state index contributed by atoms with van der Waals surface area (Å²) >= 11 is 0. The highest BCUT2D eigenvalue weighted by atomic mass is 127. The van der Waals surface area contributed by atoms with E-state index < -0.39 is 10.0 Å². The molecule has 30 heavy (non-hydrogen) atoms. The van der Waals surface area contributed by atoms with Gasteiger partial charge < -0.3 is 15.4 Å². The van der Waals surface area contributed by atoms with Gasteiger partial charge in [-0.25, -0.2) is 8.42 Å². The lowest BCUT2D eigenvalue weighted by Gasteiger charge is -2.16. The molecule has 1 aliphatic heterocycles. The zero-order chi connectivity index (χ0) is 20.7. The molecule has 0 spiro atoms. The number of guanidine groups is 1. The van der Waals surface area contributed by atoms with Crippen molar-refractivity contribution in [3.05, 3.63) is 59.7 Å². The fourth-order valence-electron chi connectivity index (χ4n) is 3.23. The lowest BCUT2D eigenvalue weighted by atomic mass is 10.2. The number of hydrogen-bond donors (Lipinski definition) is 2. The van der Waals surface area contributed by atoms with Crippen LogP contribution in [0.25, 0.3) is 0 Å². The number of halogens is 1. The van der Waals surface area contributed by atoms with Gasteiger partial charge in [0.25, 0.3) is 0 Å². The number of benzene rings is 2. The van der Waals surface area contributed by atoms with E-state index in [4.69, 9.17) is 4.74 Å². The second-order valence-corrected chi connectivity index (χ2v) is 8.82. The Morgan fingerprint density at radius 3 is 2.27 bits per heavy atom. The van der Waals surface area contributed by atoms with Crippen LogP contribution in [0.4, 0.5) is 0 Å². The summed E-state index contributed by atoms with van der Waals surface area (Å²) in [4.78, 5) is 4.58. The molecule has 0 aromatic heterocycles. The Morgan fingerprint density at radius 2 is 1.67 bits per heavy atom. The minimum absolute atomic E-state index is 0. The molecule has 0 saturated carbocycles. The first-order chi connectivity index (χ1) is 14.0. The fourth-order valence-corrected chi connectivity index (χ4v) is 4.75. The van der Waals surface area contributed by atoms with Crippen molar-refractivity contribution in [2.24, 2.45) is 4.99 Å². The molecule has 1 aliphatic rings. The summed E-state index contributed by atoms with van der Waals surface area (Å²) in [6.07, 6.45) is 1.87. The third kappa shape index (κ3) is 6.32. The fraction of sp³-hybridized carbons (Fsp3) is 0.381. The summed E-state index contributed by atoms with van der Waals surface area (Å²) in [7, 11) is -0.00741. The van der Waals surface area contributed by atoms with Crippen LogP contribution in [0.15, 0.2) is 58.4 Å². The average Bonchev–Trinajstić information content (AvgIpc) is 3.30. The molecular formula is C21H29IN4O3S. The van der Waals surface area contributed by atoms with E-state index in [1.807, 2.05) is 36.4 Å². The lowest BCUT2D eigenvalue weighted by Crippen LogP contribution is -2.36. The highest BCUT2D eigenvalue weighted by Crippen LogP contribution is 2.21. The van der Waals surface area contributed by atoms with Crippen molar-refractivity contribution in [2.45, 2.75) is 30.8 Å². The van der Waals surface area contributed by atoms with E-state index in [2.05, 4.69) is 15.6 Å². The average molecular weight is 544 g/mol. The number of aliphatic imine (C=N–C) groups is 1. The van der Waals surface area contributed by atoms with Crippen LogP contribution < -0.4 is 15.4 Å². The molecule has 3 rings (SSSR count). The summed E-state index contributed by atoms with van der Waals surface area (Å²) in [6, 6.07) is 14.9. The molecule has 2 aromatic rings. The second-order valence-electron chi connectivity index (χ2n) is 6.89. The van der Waals surface area contributed by atoms with Crippen LogP contribution in [0.3, 0.4) is 0 Å². The van der Waals surface area contributed by atoms with Crippen LogP contribution in [0.1, 0.15) is 24.0 Å². The first-order valence-corrected chi connectivity index (χ1v) is 11.1. The molecule has 7 nitrogen and oxygen atoms in total. The van der Waals surface area contributed by atoms with Crippen molar-refractivity contribution in [1.29, 1.82) is 0 Å². The van der Waals surface area contributed by atoms with Gasteiger partial charge in [-0.2, -0.15) is 4.31 Å². The van der Waals surface area contributed by atoms with Gasteiger partial charge in [-0.05, 0) is 48.2 Å². The highest BCUT2D eigenvalue weighted by Gasteiger charge is 2.26. The van der Waals surface area contributed by atoms with Crippen LogP contribution in [0.5, 0.6) is 5.75 Å². The number of ether oxygens (including phenoxy) is 1. The number of sulfonamides is 1. The van der Waals surface area contributed by atoms with E-state index >= 15 is 0 Å². The molecule has 2 N–H and O–H groups in total. The highest BCUT2D eigenvalue weighted by molar-refractivity contribution is 14.0.